The van der Waals surface area contributed by atoms with E-state index in [0.29, 0.717) is 38.4 Å². The van der Waals surface area contributed by atoms with Crippen molar-refractivity contribution >= 4 is 10.8 Å². The molecule has 0 aromatic heterocycles. The second-order valence-corrected chi connectivity index (χ2v) is 10.4. The van der Waals surface area contributed by atoms with Gasteiger partial charge in [-0.2, -0.15) is 0 Å². The Bertz CT molecular complexity index is 1310. The Hall–Kier alpha value is -3.18. The highest BCUT2D eigenvalue weighted by molar-refractivity contribution is 5.82. The molecule has 2 bridgehead atoms. The van der Waals surface area contributed by atoms with Crippen molar-refractivity contribution in [1.82, 2.24) is 5.32 Å². The van der Waals surface area contributed by atoms with Crippen LogP contribution >= 0.6 is 0 Å². The highest BCUT2D eigenvalue weighted by Gasteiger charge is 2.46. The average molecular weight is 494 g/mol. The lowest BCUT2D eigenvalue weighted by Crippen LogP contribution is -2.50. The number of benzene rings is 4. The predicted molar refractivity (Wildman–Crippen MR) is 148 cm³/mol. The zero-order chi connectivity index (χ0) is 24.9. The van der Waals surface area contributed by atoms with E-state index in [0.717, 1.165) is 18.6 Å². The molecule has 4 heteroatoms. The summed E-state index contributed by atoms with van der Waals surface area (Å²) >= 11 is 0. The van der Waals surface area contributed by atoms with Crippen LogP contribution in [0.15, 0.2) is 97.1 Å². The molecule has 4 nitrogen and oxygen atoms in total. The fourth-order valence-electron chi connectivity index (χ4n) is 5.87. The smallest absolute Gasteiger partial charge is 0.120 e. The van der Waals surface area contributed by atoms with Crippen molar-refractivity contribution < 1.29 is 14.2 Å². The minimum Gasteiger partial charge on any atom is -0.491 e. The molecular weight excluding hydrogens is 458 g/mol. The Morgan fingerprint density at radius 1 is 0.757 bits per heavy atom. The summed E-state index contributed by atoms with van der Waals surface area (Å²) in [6.07, 6.45) is 4.46. The maximum Gasteiger partial charge on any atom is 0.120 e. The highest BCUT2D eigenvalue weighted by atomic mass is 16.5. The third kappa shape index (κ3) is 5.88. The molecule has 4 aromatic rings. The first kappa shape index (κ1) is 24.2. The summed E-state index contributed by atoms with van der Waals surface area (Å²) < 4.78 is 18.2. The third-order valence-corrected chi connectivity index (χ3v) is 7.80. The lowest BCUT2D eigenvalue weighted by Gasteiger charge is -2.39. The first-order valence-corrected chi connectivity index (χ1v) is 13.5. The van der Waals surface area contributed by atoms with Crippen LogP contribution in [-0.2, 0) is 22.7 Å². The molecule has 2 heterocycles. The van der Waals surface area contributed by atoms with Crippen LogP contribution in [0.3, 0.4) is 0 Å². The van der Waals surface area contributed by atoms with Crippen molar-refractivity contribution in [1.29, 1.82) is 0 Å². The van der Waals surface area contributed by atoms with Gasteiger partial charge in [-0.3, -0.25) is 5.32 Å². The van der Waals surface area contributed by atoms with Gasteiger partial charge in [-0.15, -0.1) is 0 Å². The Morgan fingerprint density at radius 2 is 1.54 bits per heavy atom. The summed E-state index contributed by atoms with van der Waals surface area (Å²) in [4.78, 5) is 0. The van der Waals surface area contributed by atoms with Gasteiger partial charge in [0.05, 0.1) is 19.8 Å². The summed E-state index contributed by atoms with van der Waals surface area (Å²) in [6, 6.07) is 34.5. The molecular formula is C33H35NO3. The predicted octanol–water partition coefficient (Wildman–Crippen LogP) is 6.98. The van der Waals surface area contributed by atoms with Crippen molar-refractivity contribution in [3.05, 3.63) is 114 Å². The van der Waals surface area contributed by atoms with Gasteiger partial charge in [0.15, 0.2) is 0 Å². The Kier molecular flexibility index (Phi) is 7.22. The van der Waals surface area contributed by atoms with Crippen LogP contribution in [0.25, 0.3) is 10.8 Å². The molecule has 3 unspecified atom stereocenters. The highest BCUT2D eigenvalue weighted by Crippen LogP contribution is 2.44. The minimum absolute atomic E-state index is 0.222. The number of para-hydroxylation sites is 1. The van der Waals surface area contributed by atoms with Crippen LogP contribution in [0.4, 0.5) is 0 Å². The van der Waals surface area contributed by atoms with Gasteiger partial charge in [-0.1, -0.05) is 78.9 Å². The Balaban J connectivity index is 1.02. The molecule has 0 spiro atoms. The number of rotatable bonds is 10. The number of hydrogen-bond donors (Lipinski definition) is 1. The third-order valence-electron chi connectivity index (χ3n) is 7.80. The van der Waals surface area contributed by atoms with Crippen molar-refractivity contribution in [2.45, 2.75) is 56.6 Å². The number of hydrogen-bond acceptors (Lipinski definition) is 4. The second-order valence-electron chi connectivity index (χ2n) is 10.4. The molecule has 2 fully saturated rings. The summed E-state index contributed by atoms with van der Waals surface area (Å²) in [7, 11) is 0. The second kappa shape index (κ2) is 11.1. The summed E-state index contributed by atoms with van der Waals surface area (Å²) in [6.45, 7) is 2.37. The van der Waals surface area contributed by atoms with Gasteiger partial charge >= 0.3 is 0 Å². The van der Waals surface area contributed by atoms with E-state index in [1.165, 1.54) is 40.3 Å². The molecule has 2 aliphatic heterocycles. The van der Waals surface area contributed by atoms with Gasteiger partial charge in [0.25, 0.3) is 0 Å². The summed E-state index contributed by atoms with van der Waals surface area (Å²) in [5.74, 6) is 1.39. The van der Waals surface area contributed by atoms with E-state index in [2.05, 4.69) is 72.0 Å². The number of fused-ring (bicyclic) bond motifs is 3. The molecule has 6 rings (SSSR count). The van der Waals surface area contributed by atoms with Crippen LogP contribution < -0.4 is 10.1 Å². The van der Waals surface area contributed by atoms with Gasteiger partial charge in [-0.05, 0) is 77.3 Å². The monoisotopic (exact) mass is 493 g/mol. The van der Waals surface area contributed by atoms with Gasteiger partial charge in [0.2, 0.25) is 0 Å². The van der Waals surface area contributed by atoms with Gasteiger partial charge < -0.3 is 14.2 Å². The van der Waals surface area contributed by atoms with E-state index >= 15 is 0 Å². The average Bonchev–Trinajstić information content (AvgIpc) is 3.26. The standard InChI is InChI=1S/C33H35NO3/c1-2-8-32(9-3-1)36-19-18-35-23-25-10-13-28(14-11-25)30-21-31-16-17-33(22-30,34-31)37-24-26-12-15-27-6-4-5-7-29(27)20-26/h1-15,20,30-31,34H,16-19,21-24H2. The van der Waals surface area contributed by atoms with Gasteiger partial charge in [0.1, 0.15) is 18.1 Å². The Morgan fingerprint density at radius 3 is 2.41 bits per heavy atom. The van der Waals surface area contributed by atoms with Crippen molar-refractivity contribution in [2.24, 2.45) is 0 Å². The first-order valence-electron chi connectivity index (χ1n) is 13.5. The molecule has 0 radical (unpaired) electrons. The topological polar surface area (TPSA) is 39.7 Å². The molecule has 3 atom stereocenters. The quantitative estimate of drug-likeness (QED) is 0.242. The minimum atomic E-state index is -0.222. The normalized spacial score (nSPS) is 22.8. The SMILES string of the molecule is c1ccc(OCCOCc2ccc(C3CC4CCC(OCc5ccc6ccccc6c5)(C3)N4)cc2)cc1. The molecule has 37 heavy (non-hydrogen) atoms. The fourth-order valence-corrected chi connectivity index (χ4v) is 5.87. The molecule has 2 aliphatic rings. The number of nitrogens with one attached hydrogen (secondary N) is 1. The number of piperidine rings is 1. The molecule has 2 saturated heterocycles. The van der Waals surface area contributed by atoms with Crippen LogP contribution in [0, 0.1) is 0 Å². The zero-order valence-corrected chi connectivity index (χ0v) is 21.3. The van der Waals surface area contributed by atoms with Crippen LogP contribution in [0.5, 0.6) is 5.75 Å². The van der Waals surface area contributed by atoms with Crippen molar-refractivity contribution in [3.63, 3.8) is 0 Å². The van der Waals surface area contributed by atoms with E-state index in [1.807, 2.05) is 30.3 Å². The van der Waals surface area contributed by atoms with Gasteiger partial charge in [0, 0.05) is 6.04 Å². The maximum atomic E-state index is 6.64. The molecule has 0 amide bonds. The summed E-state index contributed by atoms with van der Waals surface area (Å²) in [5.41, 5.74) is 3.62. The number of ether oxygens (including phenoxy) is 3. The molecule has 190 valence electrons. The van der Waals surface area contributed by atoms with Crippen LogP contribution in [0.2, 0.25) is 0 Å². The maximum absolute atomic E-state index is 6.64. The van der Waals surface area contributed by atoms with E-state index in [4.69, 9.17) is 14.2 Å². The van der Waals surface area contributed by atoms with Gasteiger partial charge in [-0.25, -0.2) is 0 Å². The lowest BCUT2D eigenvalue weighted by molar-refractivity contribution is -0.0904. The molecule has 1 N–H and O–H groups in total. The largest absolute Gasteiger partial charge is 0.491 e. The summed E-state index contributed by atoms with van der Waals surface area (Å²) in [5, 5.41) is 6.36. The van der Waals surface area contributed by atoms with Crippen molar-refractivity contribution in [3.8, 4) is 5.75 Å². The first-order chi connectivity index (χ1) is 18.2. The van der Waals surface area contributed by atoms with E-state index in [1.54, 1.807) is 0 Å². The van der Waals surface area contributed by atoms with Crippen LogP contribution in [0.1, 0.15) is 48.3 Å². The lowest BCUT2D eigenvalue weighted by atomic mass is 9.84. The van der Waals surface area contributed by atoms with E-state index in [-0.39, 0.29) is 5.72 Å². The Labute approximate surface area is 219 Å². The van der Waals surface area contributed by atoms with Crippen LogP contribution in [-0.4, -0.2) is 25.0 Å². The molecule has 0 aliphatic carbocycles. The van der Waals surface area contributed by atoms with E-state index in [9.17, 15) is 0 Å². The zero-order valence-electron chi connectivity index (χ0n) is 21.3. The fraction of sp³-hybridized carbons (Fsp3) is 0.333. The van der Waals surface area contributed by atoms with E-state index < -0.39 is 0 Å². The van der Waals surface area contributed by atoms with Crippen molar-refractivity contribution in [2.75, 3.05) is 13.2 Å². The molecule has 0 saturated carbocycles. The molecule has 4 aromatic carbocycles.